The summed E-state index contributed by atoms with van der Waals surface area (Å²) in [5.74, 6) is 2.74. The lowest BCUT2D eigenvalue weighted by Crippen LogP contribution is -2.01. The molecule has 2 aromatic carbocycles. The lowest BCUT2D eigenvalue weighted by molar-refractivity contribution is 0.479. The Morgan fingerprint density at radius 3 is 2.72 bits per heavy atom. The van der Waals surface area contributed by atoms with Crippen LogP contribution in [-0.4, -0.2) is 29.5 Å². The topological polar surface area (TPSA) is 90.6 Å². The monoisotopic (exact) mass is 517 g/mol. The minimum Gasteiger partial charge on any atom is -0.457 e. The summed E-state index contributed by atoms with van der Waals surface area (Å²) in [5, 5.41) is 3.40. The van der Waals surface area contributed by atoms with Gasteiger partial charge in [0.2, 0.25) is 0 Å². The summed E-state index contributed by atoms with van der Waals surface area (Å²) in [4.78, 5) is 22.6. The van der Waals surface area contributed by atoms with Crippen molar-refractivity contribution in [3.8, 4) is 11.5 Å². The van der Waals surface area contributed by atoms with Gasteiger partial charge in [-0.3, -0.25) is 0 Å². The molecule has 3 heterocycles. The second-order valence-corrected chi connectivity index (χ2v) is 9.33. The van der Waals surface area contributed by atoms with Gasteiger partial charge in [-0.25, -0.2) is 24.9 Å². The molecule has 3 aromatic heterocycles. The number of aromatic nitrogens is 6. The van der Waals surface area contributed by atoms with E-state index in [4.69, 9.17) is 9.72 Å². The molecule has 39 heavy (non-hydrogen) atoms. The van der Waals surface area contributed by atoms with E-state index in [0.29, 0.717) is 22.7 Å². The van der Waals surface area contributed by atoms with Crippen LogP contribution in [0.2, 0.25) is 0 Å². The summed E-state index contributed by atoms with van der Waals surface area (Å²) in [6.07, 6.45) is 14.2. The molecule has 0 amide bonds. The van der Waals surface area contributed by atoms with E-state index in [1.165, 1.54) is 11.9 Å². The van der Waals surface area contributed by atoms with Gasteiger partial charge in [-0.05, 0) is 63.1 Å². The van der Waals surface area contributed by atoms with Gasteiger partial charge in [-0.2, -0.15) is 0 Å². The Morgan fingerprint density at radius 2 is 1.92 bits per heavy atom. The number of rotatable bonds is 8. The Bertz CT molecular complexity index is 1750. The molecular weight excluding hydrogens is 486 g/mol. The summed E-state index contributed by atoms with van der Waals surface area (Å²) < 4.78 is 8.15. The van der Waals surface area contributed by atoms with Crippen LogP contribution in [0.25, 0.3) is 27.6 Å². The molecule has 0 saturated heterocycles. The van der Waals surface area contributed by atoms with Crippen molar-refractivity contribution in [2.24, 2.45) is 7.05 Å². The van der Waals surface area contributed by atoms with Crippen molar-refractivity contribution in [2.45, 2.75) is 34.1 Å². The molecule has 0 unspecified atom stereocenters. The lowest BCUT2D eigenvalue weighted by Gasteiger charge is -2.12. The molecule has 1 N–H and O–H groups in total. The molecule has 5 rings (SSSR count). The van der Waals surface area contributed by atoms with Crippen molar-refractivity contribution < 1.29 is 4.74 Å². The number of anilines is 2. The fraction of sp³-hybridized carbons (Fsp3) is 0.194. The molecule has 8 heteroatoms. The number of ether oxygens (including phenoxy) is 1. The Labute approximate surface area is 227 Å². The van der Waals surface area contributed by atoms with E-state index >= 15 is 0 Å². The molecule has 0 aliphatic rings. The normalized spacial score (nSPS) is 12.5. The smallest absolute Gasteiger partial charge is 0.160 e. The summed E-state index contributed by atoms with van der Waals surface area (Å²) in [7, 11) is 1.98. The highest BCUT2D eigenvalue weighted by Gasteiger charge is 2.11. The van der Waals surface area contributed by atoms with Gasteiger partial charge in [0.05, 0.1) is 23.6 Å². The number of aryl methyl sites for hydroxylation is 2. The van der Waals surface area contributed by atoms with Gasteiger partial charge in [-0.1, -0.05) is 36.8 Å². The van der Waals surface area contributed by atoms with Gasteiger partial charge in [-0.15, -0.1) is 0 Å². The Hall–Kier alpha value is -4.85. The molecule has 5 aromatic rings. The SMILES string of the molecule is C\C=C(/C=C\C=C(/C)CC)c1ncc2ncnc(Nc3ccc(Oc4ccc5c(c4)ncn5C)c(C)c3)c2n1. The van der Waals surface area contributed by atoms with Crippen LogP contribution >= 0.6 is 0 Å². The standard InChI is InChI=1S/C31H31N7O/c1-6-20(3)9-8-10-22(7-2)30-32-17-26-29(37-30)31(34-18-33-26)36-23-11-14-28(21(4)15-23)39-24-12-13-27-25(16-24)35-19-38(27)5/h7-19H,6H2,1-5H3,(H,33,34,36)/b10-8-,20-9+,22-7+. The van der Waals surface area contributed by atoms with Crippen molar-refractivity contribution in [1.29, 1.82) is 0 Å². The zero-order valence-corrected chi connectivity index (χ0v) is 22.8. The first-order valence-electron chi connectivity index (χ1n) is 12.9. The van der Waals surface area contributed by atoms with Crippen LogP contribution < -0.4 is 10.1 Å². The highest BCUT2D eigenvalue weighted by molar-refractivity contribution is 5.88. The zero-order chi connectivity index (χ0) is 27.4. The second-order valence-electron chi connectivity index (χ2n) is 9.33. The van der Waals surface area contributed by atoms with E-state index in [1.807, 2.05) is 80.1 Å². The average Bonchev–Trinajstić information content (AvgIpc) is 3.32. The van der Waals surface area contributed by atoms with Crippen molar-refractivity contribution in [1.82, 2.24) is 29.5 Å². The quantitative estimate of drug-likeness (QED) is 0.214. The van der Waals surface area contributed by atoms with Gasteiger partial charge >= 0.3 is 0 Å². The molecule has 0 saturated carbocycles. The summed E-state index contributed by atoms with van der Waals surface area (Å²) in [6.45, 7) is 8.24. The van der Waals surface area contributed by atoms with E-state index in [1.54, 1.807) is 12.5 Å². The van der Waals surface area contributed by atoms with E-state index in [2.05, 4.69) is 45.2 Å². The van der Waals surface area contributed by atoms with Crippen molar-refractivity contribution in [3.63, 3.8) is 0 Å². The van der Waals surface area contributed by atoms with E-state index in [0.717, 1.165) is 45.8 Å². The maximum atomic E-state index is 6.17. The summed E-state index contributed by atoms with van der Waals surface area (Å²) in [6, 6.07) is 11.8. The second kappa shape index (κ2) is 11.3. The van der Waals surface area contributed by atoms with E-state index < -0.39 is 0 Å². The minimum absolute atomic E-state index is 0.610. The van der Waals surface area contributed by atoms with Crippen LogP contribution in [0.1, 0.15) is 38.6 Å². The zero-order valence-electron chi connectivity index (χ0n) is 22.8. The number of allylic oxidation sites excluding steroid dienone is 6. The molecule has 196 valence electrons. The third-order valence-corrected chi connectivity index (χ3v) is 6.52. The third-order valence-electron chi connectivity index (χ3n) is 6.52. The number of nitrogens with zero attached hydrogens (tertiary/aromatic N) is 6. The van der Waals surface area contributed by atoms with Gasteiger partial charge in [0.25, 0.3) is 0 Å². The highest BCUT2D eigenvalue weighted by atomic mass is 16.5. The van der Waals surface area contributed by atoms with Crippen molar-refractivity contribution in [2.75, 3.05) is 5.32 Å². The Balaban J connectivity index is 1.39. The maximum Gasteiger partial charge on any atom is 0.160 e. The van der Waals surface area contributed by atoms with E-state index in [9.17, 15) is 0 Å². The first-order chi connectivity index (χ1) is 18.9. The fourth-order valence-corrected chi connectivity index (χ4v) is 4.10. The van der Waals surface area contributed by atoms with E-state index in [-0.39, 0.29) is 0 Å². The number of benzene rings is 2. The highest BCUT2D eigenvalue weighted by Crippen LogP contribution is 2.31. The number of fused-ring (bicyclic) bond motifs is 2. The largest absolute Gasteiger partial charge is 0.457 e. The van der Waals surface area contributed by atoms with Crippen LogP contribution in [0.3, 0.4) is 0 Å². The van der Waals surface area contributed by atoms with Crippen LogP contribution in [0.5, 0.6) is 11.5 Å². The van der Waals surface area contributed by atoms with Crippen LogP contribution in [0.4, 0.5) is 11.5 Å². The molecule has 0 aliphatic heterocycles. The predicted octanol–water partition coefficient (Wildman–Crippen LogP) is 7.47. The number of nitrogens with one attached hydrogen (secondary N) is 1. The maximum absolute atomic E-state index is 6.17. The number of hydrogen-bond acceptors (Lipinski definition) is 7. The molecule has 0 spiro atoms. The van der Waals surface area contributed by atoms with Crippen LogP contribution in [0.15, 0.2) is 85.1 Å². The first-order valence-corrected chi connectivity index (χ1v) is 12.9. The Kier molecular flexibility index (Phi) is 7.45. The fourth-order valence-electron chi connectivity index (χ4n) is 4.10. The Morgan fingerprint density at radius 1 is 1.05 bits per heavy atom. The molecule has 0 atom stereocenters. The average molecular weight is 518 g/mol. The van der Waals surface area contributed by atoms with Crippen molar-refractivity contribution >= 4 is 39.1 Å². The third kappa shape index (κ3) is 5.70. The van der Waals surface area contributed by atoms with Gasteiger partial charge in [0, 0.05) is 24.4 Å². The first kappa shape index (κ1) is 25.8. The summed E-state index contributed by atoms with van der Waals surface area (Å²) in [5.41, 5.74) is 7.35. The minimum atomic E-state index is 0.610. The van der Waals surface area contributed by atoms with Gasteiger partial charge < -0.3 is 14.6 Å². The van der Waals surface area contributed by atoms with Crippen LogP contribution in [-0.2, 0) is 7.05 Å². The molecule has 0 fully saturated rings. The molecular formula is C31H31N7O. The number of imidazole rings is 1. The molecule has 8 nitrogen and oxygen atoms in total. The van der Waals surface area contributed by atoms with Crippen LogP contribution in [0, 0.1) is 6.92 Å². The predicted molar refractivity (Wildman–Crippen MR) is 157 cm³/mol. The van der Waals surface area contributed by atoms with Gasteiger partial charge in [0.1, 0.15) is 28.9 Å². The number of hydrogen-bond donors (Lipinski definition) is 1. The molecule has 0 aliphatic carbocycles. The molecule has 0 bridgehead atoms. The summed E-state index contributed by atoms with van der Waals surface area (Å²) >= 11 is 0. The molecule has 0 radical (unpaired) electrons. The van der Waals surface area contributed by atoms with Gasteiger partial charge in [0.15, 0.2) is 11.6 Å². The lowest BCUT2D eigenvalue weighted by atomic mass is 10.1. The van der Waals surface area contributed by atoms with Crippen molar-refractivity contribution in [3.05, 3.63) is 96.5 Å².